The van der Waals surface area contributed by atoms with Gasteiger partial charge in [-0.1, -0.05) is 11.6 Å². The van der Waals surface area contributed by atoms with Crippen LogP contribution in [0.25, 0.3) is 0 Å². The zero-order valence-corrected chi connectivity index (χ0v) is 15.1. The largest absolute Gasteiger partial charge is 0.493 e. The Balaban J connectivity index is 1.75. The van der Waals surface area contributed by atoms with Crippen LogP contribution in [0, 0.1) is 0 Å². The van der Waals surface area contributed by atoms with E-state index >= 15 is 0 Å². The first kappa shape index (κ1) is 17.4. The van der Waals surface area contributed by atoms with Crippen LogP contribution in [-0.2, 0) is 0 Å². The van der Waals surface area contributed by atoms with Crippen LogP contribution in [0.4, 0.5) is 11.4 Å². The van der Waals surface area contributed by atoms with Gasteiger partial charge in [0.05, 0.1) is 24.9 Å². The lowest BCUT2D eigenvalue weighted by molar-refractivity contribution is 0.102. The molecule has 0 bridgehead atoms. The van der Waals surface area contributed by atoms with E-state index in [1.165, 1.54) is 20.0 Å². The second-order valence-corrected chi connectivity index (χ2v) is 6.29. The average molecular weight is 361 g/mol. The van der Waals surface area contributed by atoms with Crippen molar-refractivity contribution in [1.29, 1.82) is 0 Å². The number of carbonyl (C=O) groups excluding carboxylic acids is 1. The molecule has 0 spiro atoms. The molecule has 6 heteroatoms. The minimum absolute atomic E-state index is 0.231. The zero-order valence-electron chi connectivity index (χ0n) is 14.3. The number of ether oxygens (including phenoxy) is 2. The molecule has 0 aromatic heterocycles. The molecule has 1 fully saturated rings. The van der Waals surface area contributed by atoms with E-state index < -0.39 is 0 Å². The monoisotopic (exact) mass is 360 g/mol. The molecule has 1 N–H and O–H groups in total. The van der Waals surface area contributed by atoms with Crippen LogP contribution in [0.15, 0.2) is 36.4 Å². The van der Waals surface area contributed by atoms with Crippen LogP contribution >= 0.6 is 11.6 Å². The molecule has 2 aromatic rings. The van der Waals surface area contributed by atoms with Gasteiger partial charge in [-0.05, 0) is 49.2 Å². The molecule has 25 heavy (non-hydrogen) atoms. The normalized spacial score (nSPS) is 13.6. The Hall–Kier alpha value is -2.40. The molecule has 1 saturated heterocycles. The van der Waals surface area contributed by atoms with E-state index in [1.807, 2.05) is 12.1 Å². The molecule has 132 valence electrons. The second kappa shape index (κ2) is 7.66. The Morgan fingerprint density at radius 2 is 1.76 bits per heavy atom. The molecule has 5 nitrogen and oxygen atoms in total. The predicted molar refractivity (Wildman–Crippen MR) is 100 cm³/mol. The highest BCUT2D eigenvalue weighted by Gasteiger charge is 2.16. The van der Waals surface area contributed by atoms with Gasteiger partial charge in [0, 0.05) is 24.3 Å². The van der Waals surface area contributed by atoms with Crippen molar-refractivity contribution in [1.82, 2.24) is 0 Å². The molecule has 1 aliphatic heterocycles. The Bertz CT molecular complexity index is 773. The molecular formula is C19H21ClN2O3. The highest BCUT2D eigenvalue weighted by Crippen LogP contribution is 2.32. The topological polar surface area (TPSA) is 50.8 Å². The van der Waals surface area contributed by atoms with E-state index in [-0.39, 0.29) is 5.91 Å². The molecule has 0 atom stereocenters. The molecule has 1 aliphatic rings. The van der Waals surface area contributed by atoms with Gasteiger partial charge in [0.15, 0.2) is 11.5 Å². The summed E-state index contributed by atoms with van der Waals surface area (Å²) in [6.07, 6.45) is 2.38. The van der Waals surface area contributed by atoms with Crippen molar-refractivity contribution < 1.29 is 14.3 Å². The van der Waals surface area contributed by atoms with Gasteiger partial charge in [0.1, 0.15) is 0 Å². The van der Waals surface area contributed by atoms with Crippen molar-refractivity contribution in [2.24, 2.45) is 0 Å². The van der Waals surface area contributed by atoms with Crippen molar-refractivity contribution in [3.8, 4) is 11.5 Å². The lowest BCUT2D eigenvalue weighted by Gasteiger charge is -2.19. The summed E-state index contributed by atoms with van der Waals surface area (Å²) in [6.45, 7) is 2.05. The number of nitrogens with one attached hydrogen (secondary N) is 1. The number of carbonyl (C=O) groups is 1. The first-order valence-corrected chi connectivity index (χ1v) is 8.58. The third kappa shape index (κ3) is 3.82. The summed E-state index contributed by atoms with van der Waals surface area (Å²) in [5, 5.41) is 3.51. The average Bonchev–Trinajstić information content (AvgIpc) is 3.15. The van der Waals surface area contributed by atoms with Crippen LogP contribution in [0.2, 0.25) is 5.02 Å². The molecule has 1 heterocycles. The molecule has 2 aromatic carbocycles. The zero-order chi connectivity index (χ0) is 17.8. The number of amides is 1. The van der Waals surface area contributed by atoms with Crippen molar-refractivity contribution in [2.75, 3.05) is 37.5 Å². The van der Waals surface area contributed by atoms with E-state index in [0.717, 1.165) is 18.8 Å². The van der Waals surface area contributed by atoms with E-state index in [4.69, 9.17) is 21.1 Å². The van der Waals surface area contributed by atoms with Crippen molar-refractivity contribution >= 4 is 28.9 Å². The Kier molecular flexibility index (Phi) is 5.34. The van der Waals surface area contributed by atoms with Gasteiger partial charge in [-0.25, -0.2) is 0 Å². The maximum Gasteiger partial charge on any atom is 0.255 e. The van der Waals surface area contributed by atoms with E-state index in [0.29, 0.717) is 27.8 Å². The van der Waals surface area contributed by atoms with Gasteiger partial charge in [0.25, 0.3) is 5.91 Å². The van der Waals surface area contributed by atoms with Gasteiger partial charge >= 0.3 is 0 Å². The maximum atomic E-state index is 12.5. The summed E-state index contributed by atoms with van der Waals surface area (Å²) in [5.41, 5.74) is 2.16. The van der Waals surface area contributed by atoms with E-state index in [9.17, 15) is 4.79 Å². The molecule has 3 rings (SSSR count). The number of rotatable bonds is 5. The fraction of sp³-hybridized carbons (Fsp3) is 0.316. The summed E-state index contributed by atoms with van der Waals surface area (Å²) < 4.78 is 10.4. The minimum Gasteiger partial charge on any atom is -0.493 e. The van der Waals surface area contributed by atoms with Crippen molar-refractivity contribution in [2.45, 2.75) is 12.8 Å². The predicted octanol–water partition coefficient (Wildman–Crippen LogP) is 4.21. The molecule has 1 amide bonds. The molecule has 0 aliphatic carbocycles. The van der Waals surface area contributed by atoms with E-state index in [2.05, 4.69) is 10.2 Å². The SMILES string of the molecule is COc1ccc(C(=O)Nc2ccc(N3CCCC3)c(Cl)c2)cc1OC. The number of hydrogen-bond donors (Lipinski definition) is 1. The third-order valence-electron chi connectivity index (χ3n) is 4.30. The van der Waals surface area contributed by atoms with Crippen LogP contribution in [0.3, 0.4) is 0 Å². The van der Waals surface area contributed by atoms with Crippen LogP contribution < -0.4 is 19.7 Å². The van der Waals surface area contributed by atoms with Gasteiger partial charge in [0.2, 0.25) is 0 Å². The summed E-state index contributed by atoms with van der Waals surface area (Å²) in [4.78, 5) is 14.7. The third-order valence-corrected chi connectivity index (χ3v) is 4.60. The van der Waals surface area contributed by atoms with Crippen LogP contribution in [0.5, 0.6) is 11.5 Å². The van der Waals surface area contributed by atoms with Gasteiger partial charge in [-0.3, -0.25) is 4.79 Å². The molecule has 0 unspecified atom stereocenters. The van der Waals surface area contributed by atoms with Gasteiger partial charge < -0.3 is 19.7 Å². The number of halogens is 1. The van der Waals surface area contributed by atoms with Gasteiger partial charge in [-0.2, -0.15) is 0 Å². The van der Waals surface area contributed by atoms with Gasteiger partial charge in [-0.15, -0.1) is 0 Å². The fourth-order valence-electron chi connectivity index (χ4n) is 2.98. The number of nitrogens with zero attached hydrogens (tertiary/aromatic N) is 1. The maximum absolute atomic E-state index is 12.5. The summed E-state index contributed by atoms with van der Waals surface area (Å²) in [7, 11) is 3.10. The van der Waals surface area contributed by atoms with Crippen molar-refractivity contribution in [3.05, 3.63) is 47.0 Å². The second-order valence-electron chi connectivity index (χ2n) is 5.88. The number of hydrogen-bond acceptors (Lipinski definition) is 4. The van der Waals surface area contributed by atoms with Crippen LogP contribution in [0.1, 0.15) is 23.2 Å². The summed E-state index contributed by atoms with van der Waals surface area (Å²) in [5.74, 6) is 0.862. The standard InChI is InChI=1S/C19H21ClN2O3/c1-24-17-8-5-13(11-18(17)25-2)19(23)21-14-6-7-16(15(20)12-14)22-9-3-4-10-22/h5-8,11-12H,3-4,9-10H2,1-2H3,(H,21,23). The number of benzene rings is 2. The van der Waals surface area contributed by atoms with E-state index in [1.54, 1.807) is 31.4 Å². The van der Waals surface area contributed by atoms with Crippen molar-refractivity contribution in [3.63, 3.8) is 0 Å². The molecular weight excluding hydrogens is 340 g/mol. The number of methoxy groups -OCH3 is 2. The molecule has 0 radical (unpaired) electrons. The van der Waals surface area contributed by atoms with Crippen LogP contribution in [-0.4, -0.2) is 33.2 Å². The Morgan fingerprint density at radius 1 is 1.04 bits per heavy atom. The Morgan fingerprint density at radius 3 is 2.40 bits per heavy atom. The first-order valence-electron chi connectivity index (χ1n) is 8.20. The lowest BCUT2D eigenvalue weighted by atomic mass is 10.1. The number of anilines is 2. The lowest BCUT2D eigenvalue weighted by Crippen LogP contribution is -2.18. The Labute approximate surface area is 152 Å². The highest BCUT2D eigenvalue weighted by molar-refractivity contribution is 6.33. The first-order chi connectivity index (χ1) is 12.1. The summed E-state index contributed by atoms with van der Waals surface area (Å²) in [6, 6.07) is 10.7. The highest BCUT2D eigenvalue weighted by atomic mass is 35.5. The quantitative estimate of drug-likeness (QED) is 0.867. The smallest absolute Gasteiger partial charge is 0.255 e. The fourth-order valence-corrected chi connectivity index (χ4v) is 3.28. The minimum atomic E-state index is -0.231. The molecule has 0 saturated carbocycles. The summed E-state index contributed by atoms with van der Waals surface area (Å²) >= 11 is 6.40.